The maximum atomic E-state index is 10.0. The van der Waals surface area contributed by atoms with E-state index in [0.29, 0.717) is 19.6 Å². The number of rotatable bonds is 4. The zero-order chi connectivity index (χ0) is 11.3. The van der Waals surface area contributed by atoms with E-state index >= 15 is 0 Å². The molecular formula is C13H18O3. The summed E-state index contributed by atoms with van der Waals surface area (Å²) in [5, 5.41) is 10.0. The Hall–Kier alpha value is -0.900. The molecule has 1 aromatic rings. The zero-order valence-electron chi connectivity index (χ0n) is 9.39. The molecule has 3 heteroatoms. The fourth-order valence-electron chi connectivity index (χ4n) is 1.85. The van der Waals surface area contributed by atoms with Gasteiger partial charge in [-0.3, -0.25) is 0 Å². The minimum Gasteiger partial charge on any atom is -0.371 e. The van der Waals surface area contributed by atoms with Gasteiger partial charge in [-0.25, -0.2) is 0 Å². The third kappa shape index (κ3) is 3.30. The molecule has 1 N–H and O–H groups in total. The normalized spacial score (nSPS) is 25.6. The lowest BCUT2D eigenvalue weighted by atomic mass is 10.1. The number of ether oxygens (including phenoxy) is 2. The van der Waals surface area contributed by atoms with Crippen LogP contribution in [0.3, 0.4) is 0 Å². The maximum Gasteiger partial charge on any atom is 0.189 e. The van der Waals surface area contributed by atoms with Crippen molar-refractivity contribution in [3.63, 3.8) is 0 Å². The predicted molar refractivity (Wildman–Crippen MR) is 60.9 cm³/mol. The van der Waals surface area contributed by atoms with Crippen LogP contribution >= 0.6 is 0 Å². The summed E-state index contributed by atoms with van der Waals surface area (Å²) in [5.74, 6) is -1.06. The molecule has 0 radical (unpaired) electrons. The van der Waals surface area contributed by atoms with E-state index in [1.54, 1.807) is 0 Å². The molecule has 1 heterocycles. The molecule has 0 bridgehead atoms. The summed E-state index contributed by atoms with van der Waals surface area (Å²) < 4.78 is 10.8. The highest BCUT2D eigenvalue weighted by molar-refractivity contribution is 5.13. The molecular weight excluding hydrogens is 204 g/mol. The summed E-state index contributed by atoms with van der Waals surface area (Å²) in [4.78, 5) is 0. The van der Waals surface area contributed by atoms with Crippen LogP contribution < -0.4 is 0 Å². The van der Waals surface area contributed by atoms with Crippen molar-refractivity contribution in [1.29, 1.82) is 0 Å². The van der Waals surface area contributed by atoms with Crippen molar-refractivity contribution in [3.8, 4) is 0 Å². The van der Waals surface area contributed by atoms with E-state index in [-0.39, 0.29) is 6.61 Å². The van der Waals surface area contributed by atoms with E-state index in [1.807, 2.05) is 30.3 Å². The fourth-order valence-corrected chi connectivity index (χ4v) is 1.85. The van der Waals surface area contributed by atoms with Crippen molar-refractivity contribution >= 4 is 0 Å². The van der Waals surface area contributed by atoms with Gasteiger partial charge in [0.2, 0.25) is 0 Å². The minimum atomic E-state index is -1.06. The van der Waals surface area contributed by atoms with Crippen LogP contribution in [0.4, 0.5) is 0 Å². The minimum absolute atomic E-state index is 0.252. The first-order chi connectivity index (χ1) is 7.79. The largest absolute Gasteiger partial charge is 0.371 e. The van der Waals surface area contributed by atoms with Gasteiger partial charge in [0.05, 0.1) is 13.2 Å². The summed E-state index contributed by atoms with van der Waals surface area (Å²) in [6, 6.07) is 9.94. The highest BCUT2D eigenvalue weighted by atomic mass is 16.6. The first-order valence-corrected chi connectivity index (χ1v) is 5.77. The molecule has 1 atom stereocenters. The van der Waals surface area contributed by atoms with E-state index in [2.05, 4.69) is 0 Å². The Morgan fingerprint density at radius 3 is 2.75 bits per heavy atom. The smallest absolute Gasteiger partial charge is 0.189 e. The molecule has 1 aliphatic rings. The SMILES string of the molecule is OC1(COCc2ccccc2)CCCCO1. The Labute approximate surface area is 96.0 Å². The molecule has 1 aliphatic heterocycles. The standard InChI is InChI=1S/C13H18O3/c14-13(8-4-5-9-16-13)11-15-10-12-6-2-1-3-7-12/h1-3,6-7,14H,4-5,8-11H2. The van der Waals surface area contributed by atoms with Gasteiger partial charge in [-0.2, -0.15) is 0 Å². The zero-order valence-corrected chi connectivity index (χ0v) is 9.39. The highest BCUT2D eigenvalue weighted by Gasteiger charge is 2.30. The molecule has 0 spiro atoms. The van der Waals surface area contributed by atoms with E-state index in [9.17, 15) is 5.11 Å². The molecule has 1 fully saturated rings. The van der Waals surface area contributed by atoms with Gasteiger partial charge in [-0.05, 0) is 18.4 Å². The molecule has 88 valence electrons. The Morgan fingerprint density at radius 2 is 2.06 bits per heavy atom. The Morgan fingerprint density at radius 1 is 1.25 bits per heavy atom. The third-order valence-electron chi connectivity index (χ3n) is 2.77. The topological polar surface area (TPSA) is 38.7 Å². The second-order valence-corrected chi connectivity index (χ2v) is 4.23. The average Bonchev–Trinajstić information content (AvgIpc) is 2.31. The molecule has 0 amide bonds. The van der Waals surface area contributed by atoms with Crippen molar-refractivity contribution in [2.75, 3.05) is 13.2 Å². The summed E-state index contributed by atoms with van der Waals surface area (Å²) >= 11 is 0. The molecule has 1 saturated heterocycles. The first-order valence-electron chi connectivity index (χ1n) is 5.77. The number of hydrogen-bond donors (Lipinski definition) is 1. The van der Waals surface area contributed by atoms with Crippen LogP contribution in [0.1, 0.15) is 24.8 Å². The van der Waals surface area contributed by atoms with Crippen LogP contribution in [0.5, 0.6) is 0 Å². The fraction of sp³-hybridized carbons (Fsp3) is 0.538. The van der Waals surface area contributed by atoms with Crippen molar-refractivity contribution < 1.29 is 14.6 Å². The van der Waals surface area contributed by atoms with Crippen LogP contribution in [0.15, 0.2) is 30.3 Å². The second-order valence-electron chi connectivity index (χ2n) is 4.23. The first kappa shape index (κ1) is 11.6. The molecule has 3 nitrogen and oxygen atoms in total. The van der Waals surface area contributed by atoms with Gasteiger partial charge in [-0.15, -0.1) is 0 Å². The number of aliphatic hydroxyl groups is 1. The molecule has 0 aliphatic carbocycles. The lowest BCUT2D eigenvalue weighted by Crippen LogP contribution is -2.40. The van der Waals surface area contributed by atoms with Crippen molar-refractivity contribution in [2.45, 2.75) is 31.7 Å². The lowest BCUT2D eigenvalue weighted by Gasteiger charge is -2.31. The predicted octanol–water partition coefficient (Wildman–Crippen LogP) is 2.09. The van der Waals surface area contributed by atoms with Gasteiger partial charge >= 0.3 is 0 Å². The van der Waals surface area contributed by atoms with Crippen LogP contribution in [0, 0.1) is 0 Å². The summed E-state index contributed by atoms with van der Waals surface area (Å²) in [6.07, 6.45) is 2.70. The lowest BCUT2D eigenvalue weighted by molar-refractivity contribution is -0.251. The monoisotopic (exact) mass is 222 g/mol. The maximum absolute atomic E-state index is 10.0. The molecule has 0 saturated carbocycles. The Kier molecular flexibility index (Phi) is 3.93. The molecule has 1 aromatic carbocycles. The number of hydrogen-bond acceptors (Lipinski definition) is 3. The van der Waals surface area contributed by atoms with Crippen LogP contribution in [0.2, 0.25) is 0 Å². The van der Waals surface area contributed by atoms with Crippen LogP contribution in [0.25, 0.3) is 0 Å². The van der Waals surface area contributed by atoms with Crippen molar-refractivity contribution in [2.24, 2.45) is 0 Å². The third-order valence-corrected chi connectivity index (χ3v) is 2.77. The highest BCUT2D eigenvalue weighted by Crippen LogP contribution is 2.22. The molecule has 0 aromatic heterocycles. The van der Waals surface area contributed by atoms with Gasteiger partial charge in [-0.1, -0.05) is 30.3 Å². The van der Waals surface area contributed by atoms with Crippen LogP contribution in [-0.2, 0) is 16.1 Å². The summed E-state index contributed by atoms with van der Waals surface area (Å²) in [6.45, 7) is 1.40. The van der Waals surface area contributed by atoms with E-state index < -0.39 is 5.79 Å². The molecule has 16 heavy (non-hydrogen) atoms. The van der Waals surface area contributed by atoms with Gasteiger partial charge in [0.25, 0.3) is 0 Å². The quantitative estimate of drug-likeness (QED) is 0.847. The molecule has 2 rings (SSSR count). The second kappa shape index (κ2) is 5.43. The van der Waals surface area contributed by atoms with Crippen molar-refractivity contribution in [1.82, 2.24) is 0 Å². The van der Waals surface area contributed by atoms with Gasteiger partial charge in [0.1, 0.15) is 6.61 Å². The Balaban J connectivity index is 1.75. The Bertz CT molecular complexity index is 304. The van der Waals surface area contributed by atoms with Gasteiger partial charge in [0, 0.05) is 6.42 Å². The summed E-state index contributed by atoms with van der Waals surface area (Å²) in [5.41, 5.74) is 1.11. The summed E-state index contributed by atoms with van der Waals surface area (Å²) in [7, 11) is 0. The van der Waals surface area contributed by atoms with Crippen LogP contribution in [-0.4, -0.2) is 24.1 Å². The van der Waals surface area contributed by atoms with E-state index in [1.165, 1.54) is 0 Å². The van der Waals surface area contributed by atoms with Crippen molar-refractivity contribution in [3.05, 3.63) is 35.9 Å². The van der Waals surface area contributed by atoms with Gasteiger partial charge in [0.15, 0.2) is 5.79 Å². The van der Waals surface area contributed by atoms with E-state index in [4.69, 9.17) is 9.47 Å². The molecule has 1 unspecified atom stereocenters. The number of benzene rings is 1. The van der Waals surface area contributed by atoms with E-state index in [0.717, 1.165) is 18.4 Å². The van der Waals surface area contributed by atoms with Gasteiger partial charge < -0.3 is 14.6 Å². The average molecular weight is 222 g/mol.